The van der Waals surface area contributed by atoms with E-state index in [0.29, 0.717) is 12.2 Å². The summed E-state index contributed by atoms with van der Waals surface area (Å²) in [6.07, 6.45) is 1.67. The van der Waals surface area contributed by atoms with Crippen LogP contribution in [0.1, 0.15) is 5.69 Å². The van der Waals surface area contributed by atoms with Gasteiger partial charge in [-0.25, -0.2) is 4.39 Å². The number of hydrogen-bond donors (Lipinski definition) is 2. The van der Waals surface area contributed by atoms with Gasteiger partial charge in [-0.15, -0.1) is 0 Å². The number of halogens is 1. The maximum Gasteiger partial charge on any atom is 0.239 e. The summed E-state index contributed by atoms with van der Waals surface area (Å²) in [5.74, 6) is -0.506. The van der Waals surface area contributed by atoms with Crippen LogP contribution in [-0.2, 0) is 11.3 Å². The van der Waals surface area contributed by atoms with Crippen molar-refractivity contribution in [2.45, 2.75) is 6.54 Å². The van der Waals surface area contributed by atoms with Crippen LogP contribution in [0.15, 0.2) is 48.7 Å². The minimum atomic E-state index is -0.334. The van der Waals surface area contributed by atoms with Gasteiger partial charge in [0.05, 0.1) is 18.8 Å². The topological polar surface area (TPSA) is 54.0 Å². The van der Waals surface area contributed by atoms with Crippen molar-refractivity contribution in [2.75, 3.05) is 11.9 Å². The molecule has 19 heavy (non-hydrogen) atoms. The Morgan fingerprint density at radius 1 is 1.21 bits per heavy atom. The quantitative estimate of drug-likeness (QED) is 0.863. The van der Waals surface area contributed by atoms with Gasteiger partial charge in [0.1, 0.15) is 5.82 Å². The Morgan fingerprint density at radius 2 is 2.11 bits per heavy atom. The average Bonchev–Trinajstić information content (AvgIpc) is 2.44. The summed E-state index contributed by atoms with van der Waals surface area (Å²) in [6, 6.07) is 11.5. The zero-order valence-corrected chi connectivity index (χ0v) is 10.3. The van der Waals surface area contributed by atoms with Crippen molar-refractivity contribution in [3.63, 3.8) is 0 Å². The molecule has 0 saturated heterocycles. The van der Waals surface area contributed by atoms with Crippen LogP contribution in [0.2, 0.25) is 0 Å². The van der Waals surface area contributed by atoms with Gasteiger partial charge in [-0.2, -0.15) is 0 Å². The van der Waals surface area contributed by atoms with E-state index in [1.165, 1.54) is 12.1 Å². The minimum Gasteiger partial charge on any atom is -0.376 e. The van der Waals surface area contributed by atoms with Crippen molar-refractivity contribution in [3.05, 3.63) is 60.2 Å². The zero-order chi connectivity index (χ0) is 13.5. The average molecular weight is 259 g/mol. The van der Waals surface area contributed by atoms with Gasteiger partial charge in [-0.1, -0.05) is 12.1 Å². The summed E-state index contributed by atoms with van der Waals surface area (Å²) >= 11 is 0. The Kier molecular flexibility index (Phi) is 4.44. The highest BCUT2D eigenvalue weighted by Crippen LogP contribution is 2.08. The molecular weight excluding hydrogens is 245 g/mol. The molecule has 5 heteroatoms. The molecule has 98 valence electrons. The van der Waals surface area contributed by atoms with Crippen LogP contribution in [0.3, 0.4) is 0 Å². The third-order valence-corrected chi connectivity index (χ3v) is 2.47. The van der Waals surface area contributed by atoms with E-state index in [1.807, 2.05) is 18.2 Å². The number of amides is 1. The molecular formula is C14H14FN3O. The largest absolute Gasteiger partial charge is 0.376 e. The molecule has 0 radical (unpaired) electrons. The molecule has 0 bridgehead atoms. The van der Waals surface area contributed by atoms with Crippen molar-refractivity contribution >= 4 is 11.6 Å². The second-order valence-electron chi connectivity index (χ2n) is 3.96. The van der Waals surface area contributed by atoms with E-state index in [1.54, 1.807) is 18.3 Å². The molecule has 0 aliphatic carbocycles. The van der Waals surface area contributed by atoms with Crippen molar-refractivity contribution in [2.24, 2.45) is 0 Å². The number of benzene rings is 1. The third-order valence-electron chi connectivity index (χ3n) is 2.47. The lowest BCUT2D eigenvalue weighted by Gasteiger charge is -2.07. The Hall–Kier alpha value is -2.43. The van der Waals surface area contributed by atoms with Crippen LogP contribution in [0.5, 0.6) is 0 Å². The maximum atomic E-state index is 12.9. The highest BCUT2D eigenvalue weighted by Gasteiger charge is 2.02. The number of nitrogens with zero attached hydrogens (tertiary/aromatic N) is 1. The van der Waals surface area contributed by atoms with E-state index in [2.05, 4.69) is 15.6 Å². The van der Waals surface area contributed by atoms with Crippen molar-refractivity contribution in [1.29, 1.82) is 0 Å². The molecule has 0 atom stereocenters. The SMILES string of the molecule is O=C(CNc1cccc(F)c1)NCc1ccccn1. The van der Waals surface area contributed by atoms with Crippen molar-refractivity contribution in [3.8, 4) is 0 Å². The molecule has 1 aromatic carbocycles. The molecule has 1 amide bonds. The zero-order valence-electron chi connectivity index (χ0n) is 10.3. The number of anilines is 1. The van der Waals surface area contributed by atoms with Gasteiger partial charge in [0.25, 0.3) is 0 Å². The number of pyridine rings is 1. The first-order chi connectivity index (χ1) is 9.24. The molecule has 0 aliphatic heterocycles. The highest BCUT2D eigenvalue weighted by molar-refractivity contribution is 5.80. The first-order valence-electron chi connectivity index (χ1n) is 5.90. The predicted octanol–water partition coefficient (Wildman–Crippen LogP) is 1.95. The van der Waals surface area contributed by atoms with Crippen LogP contribution < -0.4 is 10.6 Å². The van der Waals surface area contributed by atoms with Crippen LogP contribution in [0.25, 0.3) is 0 Å². The van der Waals surface area contributed by atoms with Crippen molar-refractivity contribution < 1.29 is 9.18 Å². The normalized spacial score (nSPS) is 9.95. The number of nitrogens with one attached hydrogen (secondary N) is 2. The molecule has 0 spiro atoms. The monoisotopic (exact) mass is 259 g/mol. The third kappa shape index (κ3) is 4.39. The molecule has 1 heterocycles. The molecule has 0 fully saturated rings. The van der Waals surface area contributed by atoms with Gasteiger partial charge in [-0.3, -0.25) is 9.78 Å². The summed E-state index contributed by atoms with van der Waals surface area (Å²) in [7, 11) is 0. The second kappa shape index (κ2) is 6.49. The van der Waals surface area contributed by atoms with Crippen LogP contribution in [0, 0.1) is 5.82 Å². The van der Waals surface area contributed by atoms with Crippen LogP contribution in [-0.4, -0.2) is 17.4 Å². The number of carbonyl (C=O) groups is 1. The summed E-state index contributed by atoms with van der Waals surface area (Å²) in [6.45, 7) is 0.473. The molecule has 2 rings (SSSR count). The van der Waals surface area contributed by atoms with E-state index in [0.717, 1.165) is 5.69 Å². The van der Waals surface area contributed by atoms with E-state index in [9.17, 15) is 9.18 Å². The Labute approximate surface area is 110 Å². The van der Waals surface area contributed by atoms with Gasteiger partial charge in [0.15, 0.2) is 0 Å². The van der Waals surface area contributed by atoms with Gasteiger partial charge in [0, 0.05) is 11.9 Å². The summed E-state index contributed by atoms with van der Waals surface area (Å²) in [5.41, 5.74) is 1.37. The molecule has 2 aromatic rings. The molecule has 0 saturated carbocycles. The smallest absolute Gasteiger partial charge is 0.239 e. The van der Waals surface area contributed by atoms with Gasteiger partial charge in [-0.05, 0) is 30.3 Å². The molecule has 4 nitrogen and oxygen atoms in total. The van der Waals surface area contributed by atoms with Gasteiger partial charge in [0.2, 0.25) is 5.91 Å². The van der Waals surface area contributed by atoms with Gasteiger partial charge < -0.3 is 10.6 Å². The number of rotatable bonds is 5. The summed E-state index contributed by atoms with van der Waals surface area (Å²) < 4.78 is 12.9. The molecule has 1 aromatic heterocycles. The fourth-order valence-corrected chi connectivity index (χ4v) is 1.54. The van der Waals surface area contributed by atoms with E-state index in [4.69, 9.17) is 0 Å². The summed E-state index contributed by atoms with van der Waals surface area (Å²) in [4.78, 5) is 15.7. The lowest BCUT2D eigenvalue weighted by atomic mass is 10.3. The highest BCUT2D eigenvalue weighted by atomic mass is 19.1. The number of hydrogen-bond acceptors (Lipinski definition) is 3. The van der Waals surface area contributed by atoms with Gasteiger partial charge >= 0.3 is 0 Å². The fraction of sp³-hybridized carbons (Fsp3) is 0.143. The predicted molar refractivity (Wildman–Crippen MR) is 71.0 cm³/mol. The Balaban J connectivity index is 1.76. The summed E-state index contributed by atoms with van der Waals surface area (Å²) in [5, 5.41) is 5.58. The lowest BCUT2D eigenvalue weighted by molar-refractivity contribution is -0.119. The van der Waals surface area contributed by atoms with Crippen LogP contribution >= 0.6 is 0 Å². The van der Waals surface area contributed by atoms with E-state index < -0.39 is 0 Å². The molecule has 0 aliphatic rings. The van der Waals surface area contributed by atoms with Crippen LogP contribution in [0.4, 0.5) is 10.1 Å². The first kappa shape index (κ1) is 13.0. The number of carbonyl (C=O) groups excluding carboxylic acids is 1. The minimum absolute atomic E-state index is 0.0935. The fourth-order valence-electron chi connectivity index (χ4n) is 1.54. The van der Waals surface area contributed by atoms with E-state index in [-0.39, 0.29) is 18.3 Å². The standard InChI is InChI=1S/C14H14FN3O/c15-11-4-3-6-12(8-11)17-10-14(19)18-9-13-5-1-2-7-16-13/h1-8,17H,9-10H2,(H,18,19). The van der Waals surface area contributed by atoms with Crippen molar-refractivity contribution in [1.82, 2.24) is 10.3 Å². The Morgan fingerprint density at radius 3 is 2.84 bits per heavy atom. The van der Waals surface area contributed by atoms with E-state index >= 15 is 0 Å². The second-order valence-corrected chi connectivity index (χ2v) is 3.96. The Bertz CT molecular complexity index is 545. The first-order valence-corrected chi connectivity index (χ1v) is 5.90. The number of aromatic nitrogens is 1. The molecule has 2 N–H and O–H groups in total. The lowest BCUT2D eigenvalue weighted by Crippen LogP contribution is -2.29. The maximum absolute atomic E-state index is 12.9. The molecule has 0 unspecified atom stereocenters.